The van der Waals surface area contributed by atoms with E-state index in [0.717, 1.165) is 5.69 Å². The van der Waals surface area contributed by atoms with Gasteiger partial charge < -0.3 is 11.1 Å². The summed E-state index contributed by atoms with van der Waals surface area (Å²) in [5, 5.41) is 11.2. The van der Waals surface area contributed by atoms with Crippen molar-refractivity contribution in [3.05, 3.63) is 42.1 Å². The summed E-state index contributed by atoms with van der Waals surface area (Å²) < 4.78 is 1.61. The zero-order valence-corrected chi connectivity index (χ0v) is 7.51. The summed E-state index contributed by atoms with van der Waals surface area (Å²) in [5.41, 5.74) is 7.33. The average molecular weight is 186 g/mol. The Hall–Kier alpha value is -2.10. The van der Waals surface area contributed by atoms with Gasteiger partial charge in [-0.3, -0.25) is 0 Å². The predicted octanol–water partition coefficient (Wildman–Crippen LogP) is 1.45. The van der Waals surface area contributed by atoms with Crippen molar-refractivity contribution in [2.24, 2.45) is 0 Å². The summed E-state index contributed by atoms with van der Waals surface area (Å²) >= 11 is 0. The Morgan fingerprint density at radius 3 is 2.57 bits per heavy atom. The fraction of sp³-hybridized carbons (Fsp3) is 0. The lowest BCUT2D eigenvalue weighted by Crippen LogP contribution is -2.02. The minimum absolute atomic E-state index is 0.492. The molecule has 0 bridgehead atoms. The van der Waals surface area contributed by atoms with E-state index in [9.17, 15) is 0 Å². The molecule has 70 valence electrons. The molecule has 1 heterocycles. The number of nitrogens with two attached hydrogens (primary N) is 1. The number of hydrogen-bond acceptors (Lipinski definition) is 3. The molecule has 0 saturated carbocycles. The Bertz CT molecular complexity index is 444. The molecule has 0 amide bonds. The maximum atomic E-state index is 7.10. The first kappa shape index (κ1) is 8.50. The smallest absolute Gasteiger partial charge is 0.136 e. The highest BCUT2D eigenvalue weighted by molar-refractivity contribution is 5.83. The molecule has 0 aliphatic heterocycles. The van der Waals surface area contributed by atoms with E-state index in [0.29, 0.717) is 11.4 Å². The first-order valence-electron chi connectivity index (χ1n) is 4.22. The van der Waals surface area contributed by atoms with Gasteiger partial charge in [0, 0.05) is 6.21 Å². The van der Waals surface area contributed by atoms with Crippen LogP contribution in [-0.4, -0.2) is 16.0 Å². The summed E-state index contributed by atoms with van der Waals surface area (Å²) in [6.45, 7) is 0. The minimum Gasteiger partial charge on any atom is -0.383 e. The number of para-hydroxylation sites is 1. The van der Waals surface area contributed by atoms with Crippen LogP contribution in [0.5, 0.6) is 0 Å². The van der Waals surface area contributed by atoms with Gasteiger partial charge in [-0.15, -0.1) is 0 Å². The molecule has 0 saturated heterocycles. The topological polar surface area (TPSA) is 67.7 Å². The van der Waals surface area contributed by atoms with E-state index in [1.165, 1.54) is 6.21 Å². The van der Waals surface area contributed by atoms with E-state index in [4.69, 9.17) is 11.1 Å². The Kier molecular flexibility index (Phi) is 2.02. The largest absolute Gasteiger partial charge is 0.383 e. The molecule has 1 aromatic carbocycles. The van der Waals surface area contributed by atoms with Crippen LogP contribution in [0.1, 0.15) is 5.56 Å². The number of benzene rings is 1. The van der Waals surface area contributed by atoms with Gasteiger partial charge in [-0.1, -0.05) is 18.2 Å². The van der Waals surface area contributed by atoms with Crippen LogP contribution in [0, 0.1) is 5.41 Å². The number of anilines is 1. The molecule has 4 nitrogen and oxygen atoms in total. The van der Waals surface area contributed by atoms with Crippen molar-refractivity contribution in [1.29, 1.82) is 5.41 Å². The second kappa shape index (κ2) is 3.33. The van der Waals surface area contributed by atoms with Crippen molar-refractivity contribution >= 4 is 12.0 Å². The molecule has 0 aliphatic rings. The van der Waals surface area contributed by atoms with Gasteiger partial charge in [-0.2, -0.15) is 5.10 Å². The van der Waals surface area contributed by atoms with Crippen molar-refractivity contribution < 1.29 is 0 Å². The fourth-order valence-electron chi connectivity index (χ4n) is 1.26. The SMILES string of the molecule is N=Cc1cnn(-c2ccccc2)c1N. The van der Waals surface area contributed by atoms with Crippen LogP contribution in [-0.2, 0) is 0 Å². The first-order chi connectivity index (χ1) is 6.83. The van der Waals surface area contributed by atoms with Gasteiger partial charge >= 0.3 is 0 Å². The van der Waals surface area contributed by atoms with Crippen LogP contribution in [0.15, 0.2) is 36.5 Å². The molecule has 0 atom stereocenters. The zero-order valence-electron chi connectivity index (χ0n) is 7.51. The standard InChI is InChI=1S/C10H10N4/c11-6-8-7-13-14(10(8)12)9-4-2-1-3-5-9/h1-7,11H,12H2. The van der Waals surface area contributed by atoms with Gasteiger partial charge in [-0.25, -0.2) is 4.68 Å². The molecule has 0 fully saturated rings. The van der Waals surface area contributed by atoms with Gasteiger partial charge in [0.15, 0.2) is 0 Å². The lowest BCUT2D eigenvalue weighted by Gasteiger charge is -2.02. The molecular weight excluding hydrogens is 176 g/mol. The second-order valence-corrected chi connectivity index (χ2v) is 2.88. The molecule has 0 unspecified atom stereocenters. The second-order valence-electron chi connectivity index (χ2n) is 2.88. The van der Waals surface area contributed by atoms with Crippen LogP contribution in [0.25, 0.3) is 5.69 Å². The highest BCUT2D eigenvalue weighted by atomic mass is 15.3. The van der Waals surface area contributed by atoms with E-state index >= 15 is 0 Å². The van der Waals surface area contributed by atoms with Crippen LogP contribution < -0.4 is 5.73 Å². The summed E-state index contributed by atoms with van der Waals surface area (Å²) in [4.78, 5) is 0. The predicted molar refractivity (Wildman–Crippen MR) is 55.9 cm³/mol. The fourth-order valence-corrected chi connectivity index (χ4v) is 1.26. The van der Waals surface area contributed by atoms with Crippen molar-refractivity contribution in [2.75, 3.05) is 5.73 Å². The third kappa shape index (κ3) is 1.26. The summed E-state index contributed by atoms with van der Waals surface area (Å²) in [6.07, 6.45) is 2.77. The lowest BCUT2D eigenvalue weighted by atomic mass is 10.3. The van der Waals surface area contributed by atoms with E-state index in [1.807, 2.05) is 30.3 Å². The van der Waals surface area contributed by atoms with Crippen LogP contribution >= 0.6 is 0 Å². The van der Waals surface area contributed by atoms with E-state index < -0.39 is 0 Å². The first-order valence-corrected chi connectivity index (χ1v) is 4.22. The maximum Gasteiger partial charge on any atom is 0.136 e. The van der Waals surface area contributed by atoms with Gasteiger partial charge in [0.1, 0.15) is 5.82 Å². The van der Waals surface area contributed by atoms with Gasteiger partial charge in [0.25, 0.3) is 0 Å². The van der Waals surface area contributed by atoms with Gasteiger partial charge in [0.2, 0.25) is 0 Å². The Morgan fingerprint density at radius 1 is 1.29 bits per heavy atom. The Balaban J connectivity index is 2.53. The number of nitrogens with one attached hydrogen (secondary N) is 1. The molecule has 2 rings (SSSR count). The maximum absolute atomic E-state index is 7.10. The van der Waals surface area contributed by atoms with Crippen molar-refractivity contribution in [3.63, 3.8) is 0 Å². The molecule has 14 heavy (non-hydrogen) atoms. The van der Waals surface area contributed by atoms with Crippen LogP contribution in [0.4, 0.5) is 5.82 Å². The average Bonchev–Trinajstić information content (AvgIpc) is 2.61. The number of hydrogen-bond donors (Lipinski definition) is 2. The molecular formula is C10H10N4. The van der Waals surface area contributed by atoms with Crippen molar-refractivity contribution in [1.82, 2.24) is 9.78 Å². The van der Waals surface area contributed by atoms with E-state index in [1.54, 1.807) is 10.9 Å². The summed E-state index contributed by atoms with van der Waals surface area (Å²) in [5.74, 6) is 0.492. The highest BCUT2D eigenvalue weighted by Crippen LogP contribution is 2.14. The van der Waals surface area contributed by atoms with E-state index in [-0.39, 0.29) is 0 Å². The lowest BCUT2D eigenvalue weighted by molar-refractivity contribution is 0.891. The summed E-state index contributed by atoms with van der Waals surface area (Å²) in [6, 6.07) is 9.59. The highest BCUT2D eigenvalue weighted by Gasteiger charge is 2.05. The van der Waals surface area contributed by atoms with Crippen molar-refractivity contribution in [2.45, 2.75) is 0 Å². The zero-order chi connectivity index (χ0) is 9.97. The molecule has 1 aromatic heterocycles. The van der Waals surface area contributed by atoms with Crippen LogP contribution in [0.2, 0.25) is 0 Å². The monoisotopic (exact) mass is 186 g/mol. The van der Waals surface area contributed by atoms with Crippen molar-refractivity contribution in [3.8, 4) is 5.69 Å². The van der Waals surface area contributed by atoms with Crippen LogP contribution in [0.3, 0.4) is 0 Å². The number of nitrogen functional groups attached to an aromatic ring is 1. The molecule has 0 spiro atoms. The number of aromatic nitrogens is 2. The third-order valence-corrected chi connectivity index (χ3v) is 1.99. The molecule has 3 N–H and O–H groups in total. The molecule has 4 heteroatoms. The molecule has 0 radical (unpaired) electrons. The number of rotatable bonds is 2. The molecule has 0 aliphatic carbocycles. The minimum atomic E-state index is 0.492. The number of nitrogens with zero attached hydrogens (tertiary/aromatic N) is 2. The van der Waals surface area contributed by atoms with Gasteiger partial charge in [-0.05, 0) is 12.1 Å². The normalized spacial score (nSPS) is 10.0. The Morgan fingerprint density at radius 2 is 2.00 bits per heavy atom. The molecule has 2 aromatic rings. The Labute approximate surface area is 81.5 Å². The van der Waals surface area contributed by atoms with Gasteiger partial charge in [0.05, 0.1) is 17.4 Å². The third-order valence-electron chi connectivity index (χ3n) is 1.99. The quantitative estimate of drug-likeness (QED) is 0.697. The summed E-state index contributed by atoms with van der Waals surface area (Å²) in [7, 11) is 0. The van der Waals surface area contributed by atoms with E-state index in [2.05, 4.69) is 5.10 Å².